The van der Waals surface area contributed by atoms with Crippen molar-refractivity contribution in [1.82, 2.24) is 15.5 Å². The predicted octanol–water partition coefficient (Wildman–Crippen LogP) is 1.19. The van der Waals surface area contributed by atoms with E-state index in [-0.39, 0.29) is 12.6 Å². The van der Waals surface area contributed by atoms with Gasteiger partial charge in [0.1, 0.15) is 0 Å². The van der Waals surface area contributed by atoms with Gasteiger partial charge in [0.15, 0.2) is 0 Å². The number of morpholine rings is 1. The van der Waals surface area contributed by atoms with Crippen LogP contribution < -0.4 is 10.6 Å². The molecule has 2 N–H and O–H groups in total. The zero-order valence-corrected chi connectivity index (χ0v) is 14.3. The van der Waals surface area contributed by atoms with Crippen molar-refractivity contribution in [3.05, 3.63) is 47.2 Å². The van der Waals surface area contributed by atoms with E-state index in [0.717, 1.165) is 18.7 Å². The second-order valence-corrected chi connectivity index (χ2v) is 5.94. The standard InChI is InChI=1S/C18H23N3O4/c1-2-25-17(22)15-14(12-21-8-10-24-11-9-21)19-18(23)20-16(15)13-6-4-3-5-7-13/h3-7,16H,2,8-12H2,1H3,(H2,19,20,23)/t16-/m1/s1. The lowest BCUT2D eigenvalue weighted by molar-refractivity contribution is -0.139. The number of hydrogen-bond acceptors (Lipinski definition) is 5. The second kappa shape index (κ2) is 8.13. The Labute approximate surface area is 147 Å². The SMILES string of the molecule is CCOC(=O)C1=C(CN2CCOCC2)NC(=O)N[C@@H]1c1ccccc1. The molecule has 0 radical (unpaired) electrons. The third-order valence-corrected chi connectivity index (χ3v) is 4.27. The van der Waals surface area contributed by atoms with Crippen LogP contribution in [0.2, 0.25) is 0 Å². The first-order valence-electron chi connectivity index (χ1n) is 8.51. The minimum atomic E-state index is -0.523. The molecule has 2 amide bonds. The third kappa shape index (κ3) is 4.18. The summed E-state index contributed by atoms with van der Waals surface area (Å²) in [5.41, 5.74) is 1.90. The van der Waals surface area contributed by atoms with Gasteiger partial charge in [-0.3, -0.25) is 4.90 Å². The molecule has 134 valence electrons. The molecule has 25 heavy (non-hydrogen) atoms. The summed E-state index contributed by atoms with van der Waals surface area (Å²) in [6.45, 7) is 5.35. The molecule has 1 fully saturated rings. The van der Waals surface area contributed by atoms with Crippen molar-refractivity contribution in [2.75, 3.05) is 39.5 Å². The molecule has 0 aliphatic carbocycles. The van der Waals surface area contributed by atoms with Crippen LogP contribution >= 0.6 is 0 Å². The molecule has 1 aromatic rings. The number of nitrogens with one attached hydrogen (secondary N) is 2. The van der Waals surface area contributed by atoms with E-state index in [2.05, 4.69) is 15.5 Å². The van der Waals surface area contributed by atoms with Crippen molar-refractivity contribution in [1.29, 1.82) is 0 Å². The van der Waals surface area contributed by atoms with E-state index in [0.29, 0.717) is 31.0 Å². The van der Waals surface area contributed by atoms with Crippen molar-refractivity contribution < 1.29 is 19.1 Å². The average molecular weight is 345 g/mol. The third-order valence-electron chi connectivity index (χ3n) is 4.27. The highest BCUT2D eigenvalue weighted by atomic mass is 16.5. The molecule has 1 atom stereocenters. The van der Waals surface area contributed by atoms with Crippen molar-refractivity contribution in [3.63, 3.8) is 0 Å². The molecule has 3 rings (SSSR count). The number of nitrogens with zero attached hydrogens (tertiary/aromatic N) is 1. The number of carbonyl (C=O) groups excluding carboxylic acids is 2. The Morgan fingerprint density at radius 2 is 2.00 bits per heavy atom. The van der Waals surface area contributed by atoms with Crippen LogP contribution in [0.3, 0.4) is 0 Å². The summed E-state index contributed by atoms with van der Waals surface area (Å²) < 4.78 is 10.6. The van der Waals surface area contributed by atoms with Crippen molar-refractivity contribution in [2.45, 2.75) is 13.0 Å². The molecule has 0 saturated carbocycles. The Bertz CT molecular complexity index is 654. The van der Waals surface area contributed by atoms with Gasteiger partial charge < -0.3 is 20.1 Å². The van der Waals surface area contributed by atoms with Crippen LogP contribution in [0.25, 0.3) is 0 Å². The van der Waals surface area contributed by atoms with E-state index in [1.807, 2.05) is 30.3 Å². The van der Waals surface area contributed by atoms with Crippen LogP contribution in [0.1, 0.15) is 18.5 Å². The maximum absolute atomic E-state index is 12.6. The van der Waals surface area contributed by atoms with Crippen molar-refractivity contribution in [2.24, 2.45) is 0 Å². The van der Waals surface area contributed by atoms with Gasteiger partial charge in [0.05, 0.1) is 31.4 Å². The van der Waals surface area contributed by atoms with E-state index in [4.69, 9.17) is 9.47 Å². The summed E-state index contributed by atoms with van der Waals surface area (Å²) >= 11 is 0. The minimum Gasteiger partial charge on any atom is -0.463 e. The fourth-order valence-electron chi connectivity index (χ4n) is 3.07. The molecule has 2 aliphatic rings. The molecular formula is C18H23N3O4. The lowest BCUT2D eigenvalue weighted by Gasteiger charge is -2.33. The van der Waals surface area contributed by atoms with Gasteiger partial charge in [-0.25, -0.2) is 9.59 Å². The average Bonchev–Trinajstić information content (AvgIpc) is 2.63. The highest BCUT2D eigenvalue weighted by molar-refractivity contribution is 5.95. The largest absolute Gasteiger partial charge is 0.463 e. The fraction of sp³-hybridized carbons (Fsp3) is 0.444. The Morgan fingerprint density at radius 1 is 1.28 bits per heavy atom. The zero-order chi connectivity index (χ0) is 17.6. The monoisotopic (exact) mass is 345 g/mol. The second-order valence-electron chi connectivity index (χ2n) is 5.94. The molecule has 0 aromatic heterocycles. The summed E-state index contributed by atoms with van der Waals surface area (Å²) in [7, 11) is 0. The van der Waals surface area contributed by atoms with Crippen molar-refractivity contribution >= 4 is 12.0 Å². The Kier molecular flexibility index (Phi) is 5.67. The Hall–Kier alpha value is -2.38. The number of hydrogen-bond donors (Lipinski definition) is 2. The lowest BCUT2D eigenvalue weighted by atomic mass is 9.95. The van der Waals surface area contributed by atoms with Crippen LogP contribution in [0.4, 0.5) is 4.79 Å². The number of benzene rings is 1. The molecule has 2 heterocycles. The van der Waals surface area contributed by atoms with E-state index >= 15 is 0 Å². The van der Waals surface area contributed by atoms with E-state index < -0.39 is 12.0 Å². The summed E-state index contributed by atoms with van der Waals surface area (Å²) in [4.78, 5) is 27.0. The first-order chi connectivity index (χ1) is 12.2. The van der Waals surface area contributed by atoms with Crippen LogP contribution in [-0.4, -0.2) is 56.4 Å². The maximum atomic E-state index is 12.6. The molecule has 0 bridgehead atoms. The van der Waals surface area contributed by atoms with E-state index in [9.17, 15) is 9.59 Å². The Morgan fingerprint density at radius 3 is 2.68 bits per heavy atom. The highest BCUT2D eigenvalue weighted by Gasteiger charge is 2.34. The molecule has 7 heteroatoms. The topological polar surface area (TPSA) is 79.9 Å². The van der Waals surface area contributed by atoms with Crippen LogP contribution in [0, 0.1) is 0 Å². The maximum Gasteiger partial charge on any atom is 0.338 e. The predicted molar refractivity (Wildman–Crippen MR) is 91.8 cm³/mol. The van der Waals surface area contributed by atoms with Gasteiger partial charge in [0.25, 0.3) is 0 Å². The number of urea groups is 1. The molecule has 2 aliphatic heterocycles. The first-order valence-corrected chi connectivity index (χ1v) is 8.51. The first kappa shape index (κ1) is 17.4. The van der Waals surface area contributed by atoms with Gasteiger partial charge in [0, 0.05) is 25.3 Å². The van der Waals surface area contributed by atoms with Gasteiger partial charge in [0.2, 0.25) is 0 Å². The zero-order valence-electron chi connectivity index (χ0n) is 14.3. The number of amides is 2. The van der Waals surface area contributed by atoms with Gasteiger partial charge >= 0.3 is 12.0 Å². The number of esters is 1. The summed E-state index contributed by atoms with van der Waals surface area (Å²) in [6, 6.07) is 8.61. The van der Waals surface area contributed by atoms with Crippen LogP contribution in [-0.2, 0) is 14.3 Å². The molecule has 1 saturated heterocycles. The van der Waals surface area contributed by atoms with Gasteiger partial charge in [-0.1, -0.05) is 30.3 Å². The van der Waals surface area contributed by atoms with E-state index in [1.165, 1.54) is 0 Å². The molecule has 0 unspecified atom stereocenters. The normalized spacial score (nSPS) is 21.5. The molecule has 0 spiro atoms. The molecule has 7 nitrogen and oxygen atoms in total. The summed E-state index contributed by atoms with van der Waals surface area (Å²) in [5, 5.41) is 5.64. The summed E-state index contributed by atoms with van der Waals surface area (Å²) in [6.07, 6.45) is 0. The van der Waals surface area contributed by atoms with Crippen LogP contribution in [0.15, 0.2) is 41.6 Å². The summed E-state index contributed by atoms with van der Waals surface area (Å²) in [5.74, 6) is -0.410. The number of carbonyl (C=O) groups is 2. The van der Waals surface area contributed by atoms with E-state index in [1.54, 1.807) is 6.92 Å². The quantitative estimate of drug-likeness (QED) is 0.784. The van der Waals surface area contributed by atoms with Crippen molar-refractivity contribution in [3.8, 4) is 0 Å². The van der Waals surface area contributed by atoms with Gasteiger partial charge in [-0.2, -0.15) is 0 Å². The number of ether oxygens (including phenoxy) is 2. The Balaban J connectivity index is 1.96. The minimum absolute atomic E-state index is 0.280. The highest BCUT2D eigenvalue weighted by Crippen LogP contribution is 2.28. The fourth-order valence-corrected chi connectivity index (χ4v) is 3.07. The van der Waals surface area contributed by atoms with Crippen LogP contribution in [0.5, 0.6) is 0 Å². The smallest absolute Gasteiger partial charge is 0.338 e. The molecular weight excluding hydrogens is 322 g/mol. The van der Waals surface area contributed by atoms with Gasteiger partial charge in [-0.05, 0) is 12.5 Å². The lowest BCUT2D eigenvalue weighted by Crippen LogP contribution is -2.49. The molecule has 1 aromatic carbocycles. The number of rotatable bonds is 5. The van der Waals surface area contributed by atoms with Gasteiger partial charge in [-0.15, -0.1) is 0 Å².